The number of anilines is 1. The summed E-state index contributed by atoms with van der Waals surface area (Å²) in [6.07, 6.45) is 0. The fourth-order valence-corrected chi connectivity index (χ4v) is 2.27. The molecule has 106 valence electrons. The van der Waals surface area contributed by atoms with E-state index in [1.165, 1.54) is 12.1 Å². The van der Waals surface area contributed by atoms with Gasteiger partial charge in [0.15, 0.2) is 11.5 Å². The molecule has 0 saturated heterocycles. The molecule has 2 aromatic rings. The van der Waals surface area contributed by atoms with Gasteiger partial charge >= 0.3 is 0 Å². The predicted octanol–water partition coefficient (Wildman–Crippen LogP) is 3.54. The molecular formula is C16H13FN2O2. The zero-order chi connectivity index (χ0) is 14.8. The van der Waals surface area contributed by atoms with Crippen LogP contribution in [0.1, 0.15) is 17.2 Å². The van der Waals surface area contributed by atoms with E-state index in [1.807, 2.05) is 0 Å². The Kier molecular flexibility index (Phi) is 3.36. The predicted molar refractivity (Wildman–Crippen MR) is 75.7 cm³/mol. The average molecular weight is 284 g/mol. The minimum atomic E-state index is -0.597. The lowest BCUT2D eigenvalue weighted by Crippen LogP contribution is -2.08. The second-order valence-corrected chi connectivity index (χ2v) is 4.84. The molecule has 21 heavy (non-hydrogen) atoms. The standard InChI is InChI=1S/C16H13FN2O2/c1-10-4-12(17)7-13(5-10)19-14(8-18)11-2-3-15-16(6-11)21-9-20-15/h2-7,14,19H,9H2,1H3. The smallest absolute Gasteiger partial charge is 0.231 e. The van der Waals surface area contributed by atoms with Gasteiger partial charge < -0.3 is 14.8 Å². The summed E-state index contributed by atoms with van der Waals surface area (Å²) < 4.78 is 23.9. The van der Waals surface area contributed by atoms with Crippen LogP contribution < -0.4 is 14.8 Å². The molecule has 1 aliphatic rings. The van der Waals surface area contributed by atoms with Crippen molar-refractivity contribution in [1.29, 1.82) is 5.26 Å². The number of nitrogens with zero attached hydrogens (tertiary/aromatic N) is 1. The van der Waals surface area contributed by atoms with Crippen LogP contribution in [0.4, 0.5) is 10.1 Å². The number of halogens is 1. The molecule has 1 heterocycles. The third kappa shape index (κ3) is 2.75. The number of aryl methyl sites for hydroxylation is 1. The molecule has 0 aliphatic carbocycles. The Balaban J connectivity index is 1.87. The molecule has 0 radical (unpaired) electrons. The first-order valence-electron chi connectivity index (χ1n) is 6.48. The van der Waals surface area contributed by atoms with Gasteiger partial charge in [0.25, 0.3) is 0 Å². The zero-order valence-electron chi connectivity index (χ0n) is 11.4. The normalized spacial score (nSPS) is 13.6. The van der Waals surface area contributed by atoms with Crippen molar-refractivity contribution in [3.8, 4) is 17.6 Å². The topological polar surface area (TPSA) is 54.3 Å². The van der Waals surface area contributed by atoms with Crippen LogP contribution in [0.2, 0.25) is 0 Å². The summed E-state index contributed by atoms with van der Waals surface area (Å²) >= 11 is 0. The second kappa shape index (κ2) is 5.33. The van der Waals surface area contributed by atoms with Crippen LogP contribution in [0.15, 0.2) is 36.4 Å². The van der Waals surface area contributed by atoms with Crippen LogP contribution in [-0.2, 0) is 0 Å². The summed E-state index contributed by atoms with van der Waals surface area (Å²) in [5.74, 6) is 0.946. The molecule has 0 saturated carbocycles. The molecule has 1 N–H and O–H groups in total. The molecule has 0 amide bonds. The van der Waals surface area contributed by atoms with Gasteiger partial charge in [0, 0.05) is 5.69 Å². The van der Waals surface area contributed by atoms with E-state index in [4.69, 9.17) is 9.47 Å². The highest BCUT2D eigenvalue weighted by molar-refractivity contribution is 5.52. The SMILES string of the molecule is Cc1cc(F)cc(NC(C#N)c2ccc3c(c2)OCO3)c1. The van der Waals surface area contributed by atoms with Gasteiger partial charge in [0.05, 0.1) is 6.07 Å². The summed E-state index contributed by atoms with van der Waals surface area (Å²) in [6.45, 7) is 1.99. The van der Waals surface area contributed by atoms with E-state index in [2.05, 4.69) is 11.4 Å². The monoisotopic (exact) mass is 284 g/mol. The third-order valence-corrected chi connectivity index (χ3v) is 3.21. The van der Waals surface area contributed by atoms with E-state index in [-0.39, 0.29) is 12.6 Å². The highest BCUT2D eigenvalue weighted by Gasteiger charge is 2.18. The van der Waals surface area contributed by atoms with Crippen molar-refractivity contribution in [3.05, 3.63) is 53.3 Å². The highest BCUT2D eigenvalue weighted by atomic mass is 19.1. The Morgan fingerprint density at radius 2 is 2.00 bits per heavy atom. The molecule has 0 bridgehead atoms. The Hall–Kier alpha value is -2.74. The van der Waals surface area contributed by atoms with Crippen LogP contribution in [-0.4, -0.2) is 6.79 Å². The summed E-state index contributed by atoms with van der Waals surface area (Å²) in [4.78, 5) is 0. The van der Waals surface area contributed by atoms with Gasteiger partial charge in [0.2, 0.25) is 6.79 Å². The fraction of sp³-hybridized carbons (Fsp3) is 0.188. The number of nitriles is 1. The number of fused-ring (bicyclic) bond motifs is 1. The number of nitrogens with one attached hydrogen (secondary N) is 1. The Morgan fingerprint density at radius 1 is 1.19 bits per heavy atom. The van der Waals surface area contributed by atoms with Crippen LogP contribution in [0.5, 0.6) is 11.5 Å². The summed E-state index contributed by atoms with van der Waals surface area (Å²) in [6, 6.07) is 11.5. The van der Waals surface area contributed by atoms with Crippen molar-refractivity contribution in [2.75, 3.05) is 12.1 Å². The molecule has 4 nitrogen and oxygen atoms in total. The van der Waals surface area contributed by atoms with Crippen molar-refractivity contribution < 1.29 is 13.9 Å². The number of hydrogen-bond acceptors (Lipinski definition) is 4. The zero-order valence-corrected chi connectivity index (χ0v) is 11.4. The van der Waals surface area contributed by atoms with Gasteiger partial charge in [-0.1, -0.05) is 6.07 Å². The maximum absolute atomic E-state index is 13.4. The van der Waals surface area contributed by atoms with Gasteiger partial charge in [-0.05, 0) is 48.4 Å². The van der Waals surface area contributed by atoms with Gasteiger partial charge in [-0.3, -0.25) is 0 Å². The summed E-state index contributed by atoms with van der Waals surface area (Å²) in [5, 5.41) is 12.4. The molecule has 1 unspecified atom stereocenters. The van der Waals surface area contributed by atoms with Crippen LogP contribution in [0, 0.1) is 24.1 Å². The summed E-state index contributed by atoms with van der Waals surface area (Å²) in [7, 11) is 0. The average Bonchev–Trinajstić information content (AvgIpc) is 2.91. The van der Waals surface area contributed by atoms with E-state index in [0.29, 0.717) is 17.2 Å². The molecule has 0 spiro atoms. The Morgan fingerprint density at radius 3 is 2.76 bits per heavy atom. The van der Waals surface area contributed by atoms with E-state index in [9.17, 15) is 9.65 Å². The summed E-state index contributed by atoms with van der Waals surface area (Å²) in [5.41, 5.74) is 2.10. The fourth-order valence-electron chi connectivity index (χ4n) is 2.27. The van der Waals surface area contributed by atoms with E-state index in [0.717, 1.165) is 11.1 Å². The molecule has 3 rings (SSSR count). The molecule has 1 atom stereocenters. The van der Waals surface area contributed by atoms with Crippen molar-refractivity contribution in [2.45, 2.75) is 13.0 Å². The lowest BCUT2D eigenvalue weighted by Gasteiger charge is -2.14. The maximum atomic E-state index is 13.4. The minimum Gasteiger partial charge on any atom is -0.454 e. The van der Waals surface area contributed by atoms with E-state index < -0.39 is 6.04 Å². The van der Waals surface area contributed by atoms with Crippen molar-refractivity contribution in [2.24, 2.45) is 0 Å². The highest BCUT2D eigenvalue weighted by Crippen LogP contribution is 2.34. The molecule has 5 heteroatoms. The lowest BCUT2D eigenvalue weighted by molar-refractivity contribution is 0.174. The van der Waals surface area contributed by atoms with Crippen LogP contribution >= 0.6 is 0 Å². The van der Waals surface area contributed by atoms with Gasteiger partial charge in [-0.15, -0.1) is 0 Å². The van der Waals surface area contributed by atoms with E-state index in [1.54, 1.807) is 31.2 Å². The van der Waals surface area contributed by atoms with E-state index >= 15 is 0 Å². The Labute approximate surface area is 121 Å². The molecule has 2 aromatic carbocycles. The first-order chi connectivity index (χ1) is 10.2. The molecule has 1 aliphatic heterocycles. The number of ether oxygens (including phenoxy) is 2. The largest absolute Gasteiger partial charge is 0.454 e. The van der Waals surface area contributed by atoms with Crippen molar-refractivity contribution in [1.82, 2.24) is 0 Å². The van der Waals surface area contributed by atoms with Crippen molar-refractivity contribution >= 4 is 5.69 Å². The molecule has 0 aromatic heterocycles. The maximum Gasteiger partial charge on any atom is 0.231 e. The van der Waals surface area contributed by atoms with Crippen molar-refractivity contribution in [3.63, 3.8) is 0 Å². The third-order valence-electron chi connectivity index (χ3n) is 3.21. The number of rotatable bonds is 3. The van der Waals surface area contributed by atoms with Gasteiger partial charge in [-0.25, -0.2) is 4.39 Å². The first-order valence-corrected chi connectivity index (χ1v) is 6.48. The second-order valence-electron chi connectivity index (χ2n) is 4.84. The van der Waals surface area contributed by atoms with Gasteiger partial charge in [-0.2, -0.15) is 5.26 Å². The number of benzene rings is 2. The first kappa shape index (κ1) is 13.3. The quantitative estimate of drug-likeness (QED) is 0.936. The number of hydrogen-bond donors (Lipinski definition) is 1. The lowest BCUT2D eigenvalue weighted by atomic mass is 10.1. The van der Waals surface area contributed by atoms with Crippen LogP contribution in [0.25, 0.3) is 0 Å². The van der Waals surface area contributed by atoms with Gasteiger partial charge in [0.1, 0.15) is 11.9 Å². The molecule has 0 fully saturated rings. The minimum absolute atomic E-state index is 0.187. The molecular weight excluding hydrogens is 271 g/mol. The Bertz CT molecular complexity index is 704. The van der Waals surface area contributed by atoms with Crippen LogP contribution in [0.3, 0.4) is 0 Å².